The highest BCUT2D eigenvalue weighted by Crippen LogP contribution is 2.15. The largest absolute Gasteiger partial charge is 0.388 e. The first-order valence-corrected chi connectivity index (χ1v) is 5.74. The Hall–Kier alpha value is -1.65. The number of rotatable bonds is 5. The van der Waals surface area contributed by atoms with Gasteiger partial charge in [-0.15, -0.1) is 0 Å². The van der Waals surface area contributed by atoms with Crippen molar-refractivity contribution in [2.24, 2.45) is 5.73 Å². The molecule has 3 N–H and O–H groups in total. The molecule has 4 heteroatoms. The minimum Gasteiger partial charge on any atom is -0.388 e. The van der Waals surface area contributed by atoms with E-state index in [4.69, 9.17) is 5.73 Å². The third-order valence-corrected chi connectivity index (χ3v) is 2.67. The summed E-state index contributed by atoms with van der Waals surface area (Å²) in [6.07, 6.45) is 3.62. The van der Waals surface area contributed by atoms with Gasteiger partial charge in [0.25, 0.3) is 0 Å². The third kappa shape index (κ3) is 3.15. The fourth-order valence-corrected chi connectivity index (χ4v) is 1.73. The van der Waals surface area contributed by atoms with Crippen LogP contribution in [0.3, 0.4) is 0 Å². The molecule has 1 heterocycles. The van der Waals surface area contributed by atoms with E-state index in [0.29, 0.717) is 13.0 Å². The summed E-state index contributed by atoms with van der Waals surface area (Å²) in [5.41, 5.74) is 7.43. The molecule has 0 aliphatic carbocycles. The molecular weight excluding hydrogens is 214 g/mol. The number of hydrogen-bond acceptors (Lipinski definition) is 3. The van der Waals surface area contributed by atoms with E-state index < -0.39 is 6.10 Å². The standard InChI is InChI=1S/C13H17N3O/c14-7-6-13(17)12-8-15-16(10-12)9-11-4-2-1-3-5-11/h1-5,8,10,13,17H,6-7,9,14H2. The summed E-state index contributed by atoms with van der Waals surface area (Å²) < 4.78 is 1.82. The van der Waals surface area contributed by atoms with Crippen LogP contribution in [0.15, 0.2) is 42.7 Å². The van der Waals surface area contributed by atoms with E-state index in [2.05, 4.69) is 17.2 Å². The highest BCUT2D eigenvalue weighted by atomic mass is 16.3. The van der Waals surface area contributed by atoms with E-state index in [1.54, 1.807) is 6.20 Å². The number of nitrogens with zero attached hydrogens (tertiary/aromatic N) is 2. The van der Waals surface area contributed by atoms with Crippen molar-refractivity contribution < 1.29 is 5.11 Å². The van der Waals surface area contributed by atoms with Gasteiger partial charge in [0, 0.05) is 11.8 Å². The molecule has 0 aliphatic heterocycles. The van der Waals surface area contributed by atoms with E-state index >= 15 is 0 Å². The number of nitrogens with two attached hydrogens (primary N) is 1. The highest BCUT2D eigenvalue weighted by Gasteiger charge is 2.08. The number of aromatic nitrogens is 2. The molecule has 0 aliphatic rings. The van der Waals surface area contributed by atoms with Gasteiger partial charge in [-0.2, -0.15) is 5.10 Å². The number of hydrogen-bond donors (Lipinski definition) is 2. The molecule has 17 heavy (non-hydrogen) atoms. The summed E-state index contributed by atoms with van der Waals surface area (Å²) in [4.78, 5) is 0. The molecule has 4 nitrogen and oxygen atoms in total. The van der Waals surface area contributed by atoms with Crippen LogP contribution in [0, 0.1) is 0 Å². The summed E-state index contributed by atoms with van der Waals surface area (Å²) in [6.45, 7) is 1.20. The Morgan fingerprint density at radius 1 is 1.29 bits per heavy atom. The van der Waals surface area contributed by atoms with E-state index in [9.17, 15) is 5.11 Å². The Bertz CT molecular complexity index is 453. The molecule has 0 fully saturated rings. The van der Waals surface area contributed by atoms with Gasteiger partial charge in [0.1, 0.15) is 0 Å². The second-order valence-corrected chi connectivity index (χ2v) is 4.05. The molecule has 0 spiro atoms. The molecule has 2 rings (SSSR count). The Morgan fingerprint density at radius 3 is 2.76 bits per heavy atom. The van der Waals surface area contributed by atoms with Gasteiger partial charge in [-0.05, 0) is 18.5 Å². The van der Waals surface area contributed by atoms with Crippen molar-refractivity contribution in [1.29, 1.82) is 0 Å². The summed E-state index contributed by atoms with van der Waals surface area (Å²) in [5, 5.41) is 14.0. The maximum absolute atomic E-state index is 9.77. The first-order valence-electron chi connectivity index (χ1n) is 5.74. The van der Waals surface area contributed by atoms with E-state index in [1.165, 1.54) is 5.56 Å². The number of benzene rings is 1. The smallest absolute Gasteiger partial charge is 0.0832 e. The van der Waals surface area contributed by atoms with Gasteiger partial charge in [0.2, 0.25) is 0 Å². The van der Waals surface area contributed by atoms with Crippen molar-refractivity contribution >= 4 is 0 Å². The number of aliphatic hydroxyl groups excluding tert-OH is 1. The van der Waals surface area contributed by atoms with Crippen LogP contribution in [-0.2, 0) is 6.54 Å². The van der Waals surface area contributed by atoms with Gasteiger partial charge in [-0.1, -0.05) is 30.3 Å². The lowest BCUT2D eigenvalue weighted by Gasteiger charge is -2.05. The predicted molar refractivity (Wildman–Crippen MR) is 66.4 cm³/mol. The van der Waals surface area contributed by atoms with Crippen LogP contribution >= 0.6 is 0 Å². The van der Waals surface area contributed by atoms with Crippen LogP contribution in [0.5, 0.6) is 0 Å². The lowest BCUT2D eigenvalue weighted by molar-refractivity contribution is 0.170. The van der Waals surface area contributed by atoms with Crippen molar-refractivity contribution in [1.82, 2.24) is 9.78 Å². The molecule has 0 saturated heterocycles. The molecule has 0 saturated carbocycles. The minimum atomic E-state index is -0.510. The van der Waals surface area contributed by atoms with E-state index in [1.807, 2.05) is 29.1 Å². The van der Waals surface area contributed by atoms with Crippen LogP contribution in [0.1, 0.15) is 23.7 Å². The van der Waals surface area contributed by atoms with Crippen LogP contribution in [0.25, 0.3) is 0 Å². The van der Waals surface area contributed by atoms with Crippen molar-refractivity contribution in [2.45, 2.75) is 19.1 Å². The summed E-state index contributed by atoms with van der Waals surface area (Å²) in [5.74, 6) is 0. The zero-order valence-corrected chi connectivity index (χ0v) is 9.66. The molecule has 0 bridgehead atoms. The van der Waals surface area contributed by atoms with Crippen molar-refractivity contribution in [3.8, 4) is 0 Å². The Balaban J connectivity index is 2.04. The van der Waals surface area contributed by atoms with E-state index in [0.717, 1.165) is 12.1 Å². The Morgan fingerprint density at radius 2 is 2.06 bits per heavy atom. The SMILES string of the molecule is NCCC(O)c1cnn(Cc2ccccc2)c1. The highest BCUT2D eigenvalue weighted by molar-refractivity contribution is 5.16. The summed E-state index contributed by atoms with van der Waals surface area (Å²) >= 11 is 0. The zero-order chi connectivity index (χ0) is 12.1. The molecule has 1 aromatic carbocycles. The van der Waals surface area contributed by atoms with Crippen LogP contribution in [0.4, 0.5) is 0 Å². The maximum Gasteiger partial charge on any atom is 0.0832 e. The Labute approximate surface area is 101 Å². The maximum atomic E-state index is 9.77. The van der Waals surface area contributed by atoms with Gasteiger partial charge < -0.3 is 10.8 Å². The van der Waals surface area contributed by atoms with Crippen molar-refractivity contribution in [3.63, 3.8) is 0 Å². The summed E-state index contributed by atoms with van der Waals surface area (Å²) in [6, 6.07) is 10.1. The normalized spacial score (nSPS) is 12.6. The van der Waals surface area contributed by atoms with Gasteiger partial charge in [0.05, 0.1) is 18.8 Å². The molecule has 1 unspecified atom stereocenters. The van der Waals surface area contributed by atoms with Gasteiger partial charge >= 0.3 is 0 Å². The molecular formula is C13H17N3O. The molecule has 1 aromatic heterocycles. The summed E-state index contributed by atoms with van der Waals surface area (Å²) in [7, 11) is 0. The number of aliphatic hydroxyl groups is 1. The fraction of sp³-hybridized carbons (Fsp3) is 0.308. The monoisotopic (exact) mass is 231 g/mol. The average molecular weight is 231 g/mol. The molecule has 2 aromatic rings. The first-order chi connectivity index (χ1) is 8.29. The van der Waals surface area contributed by atoms with Gasteiger partial charge in [-0.25, -0.2) is 0 Å². The van der Waals surface area contributed by atoms with Gasteiger partial charge in [-0.3, -0.25) is 4.68 Å². The van der Waals surface area contributed by atoms with Crippen LogP contribution in [-0.4, -0.2) is 21.4 Å². The lowest BCUT2D eigenvalue weighted by atomic mass is 10.1. The predicted octanol–water partition coefficient (Wildman–Crippen LogP) is 1.31. The van der Waals surface area contributed by atoms with E-state index in [-0.39, 0.29) is 0 Å². The molecule has 0 amide bonds. The minimum absolute atomic E-state index is 0.477. The zero-order valence-electron chi connectivity index (χ0n) is 9.66. The van der Waals surface area contributed by atoms with Crippen LogP contribution in [0.2, 0.25) is 0 Å². The van der Waals surface area contributed by atoms with Gasteiger partial charge in [0.15, 0.2) is 0 Å². The average Bonchev–Trinajstić information content (AvgIpc) is 2.79. The molecule has 90 valence electrons. The third-order valence-electron chi connectivity index (χ3n) is 2.67. The second-order valence-electron chi connectivity index (χ2n) is 4.05. The quantitative estimate of drug-likeness (QED) is 0.815. The Kier molecular flexibility index (Phi) is 3.90. The topological polar surface area (TPSA) is 64.1 Å². The van der Waals surface area contributed by atoms with Crippen LogP contribution < -0.4 is 5.73 Å². The lowest BCUT2D eigenvalue weighted by Crippen LogP contribution is -2.06. The molecule has 1 atom stereocenters. The first kappa shape index (κ1) is 11.8. The fourth-order valence-electron chi connectivity index (χ4n) is 1.73. The molecule has 0 radical (unpaired) electrons. The second kappa shape index (κ2) is 5.61. The van der Waals surface area contributed by atoms with Crippen molar-refractivity contribution in [2.75, 3.05) is 6.54 Å². The van der Waals surface area contributed by atoms with Crippen molar-refractivity contribution in [3.05, 3.63) is 53.9 Å².